The van der Waals surface area contributed by atoms with E-state index >= 15 is 0 Å². The van der Waals surface area contributed by atoms with Gasteiger partial charge in [0.2, 0.25) is 21.9 Å². The Morgan fingerprint density at radius 1 is 1.07 bits per heavy atom. The van der Waals surface area contributed by atoms with Gasteiger partial charge in [-0.1, -0.05) is 18.2 Å². The van der Waals surface area contributed by atoms with Gasteiger partial charge in [-0.05, 0) is 37.4 Å². The maximum Gasteiger partial charge on any atom is 0.240 e. The molecule has 0 saturated carbocycles. The second-order valence-electron chi connectivity index (χ2n) is 6.19. The molecule has 28 heavy (non-hydrogen) atoms. The van der Waals surface area contributed by atoms with Crippen LogP contribution in [0.3, 0.4) is 0 Å². The molecule has 3 N–H and O–H groups in total. The van der Waals surface area contributed by atoms with Gasteiger partial charge in [0.1, 0.15) is 0 Å². The number of hydrogen-bond acceptors (Lipinski definition) is 6. The highest BCUT2D eigenvalue weighted by Gasteiger charge is 2.20. The van der Waals surface area contributed by atoms with Gasteiger partial charge in [0.15, 0.2) is 0 Å². The molecule has 0 radical (unpaired) electrons. The predicted octanol–water partition coefficient (Wildman–Crippen LogP) is 2.29. The van der Waals surface area contributed by atoms with E-state index in [1.165, 1.54) is 19.2 Å². The Labute approximate surface area is 162 Å². The van der Waals surface area contributed by atoms with Gasteiger partial charge < -0.3 is 10.6 Å². The first-order valence-corrected chi connectivity index (χ1v) is 10.0. The summed E-state index contributed by atoms with van der Waals surface area (Å²) in [5.74, 6) is 0.240. The van der Waals surface area contributed by atoms with Crippen molar-refractivity contribution in [2.45, 2.75) is 11.3 Å². The third kappa shape index (κ3) is 3.45. The summed E-state index contributed by atoms with van der Waals surface area (Å²) in [5, 5.41) is 5.94. The van der Waals surface area contributed by atoms with E-state index in [-0.39, 0.29) is 17.2 Å². The van der Waals surface area contributed by atoms with Crippen LogP contribution in [0, 0.1) is 0 Å². The fourth-order valence-electron chi connectivity index (χ4n) is 2.96. The molecule has 4 rings (SSSR count). The number of nitrogens with one attached hydrogen (secondary N) is 3. The smallest absolute Gasteiger partial charge is 0.240 e. The Bertz CT molecular complexity index is 1160. The van der Waals surface area contributed by atoms with E-state index in [1.54, 1.807) is 18.3 Å². The summed E-state index contributed by atoms with van der Waals surface area (Å²) in [6.07, 6.45) is 1.83. The second-order valence-corrected chi connectivity index (χ2v) is 8.08. The van der Waals surface area contributed by atoms with E-state index in [1.807, 2.05) is 24.3 Å². The van der Waals surface area contributed by atoms with Crippen molar-refractivity contribution in [1.29, 1.82) is 0 Å². The monoisotopic (exact) mass is 395 g/mol. The Kier molecular flexibility index (Phi) is 4.54. The van der Waals surface area contributed by atoms with E-state index in [0.717, 1.165) is 11.1 Å². The summed E-state index contributed by atoms with van der Waals surface area (Å²) in [6.45, 7) is 0. The van der Waals surface area contributed by atoms with Crippen LogP contribution >= 0.6 is 0 Å². The molecule has 2 heterocycles. The van der Waals surface area contributed by atoms with Crippen LogP contribution in [0.4, 0.5) is 17.3 Å². The number of carbonyl (C=O) groups excluding carboxylic acids is 1. The maximum absolute atomic E-state index is 12.1. The second kappa shape index (κ2) is 7.02. The molecule has 1 aliphatic rings. The van der Waals surface area contributed by atoms with Crippen molar-refractivity contribution in [2.75, 3.05) is 17.7 Å². The molecule has 1 aliphatic heterocycles. The number of anilines is 3. The van der Waals surface area contributed by atoms with Gasteiger partial charge in [-0.15, -0.1) is 0 Å². The van der Waals surface area contributed by atoms with Crippen molar-refractivity contribution in [2.24, 2.45) is 0 Å². The lowest BCUT2D eigenvalue weighted by Crippen LogP contribution is -2.18. The van der Waals surface area contributed by atoms with Crippen LogP contribution in [0.15, 0.2) is 59.6 Å². The van der Waals surface area contributed by atoms with E-state index in [2.05, 4.69) is 25.3 Å². The zero-order valence-corrected chi connectivity index (χ0v) is 15.7. The van der Waals surface area contributed by atoms with E-state index in [9.17, 15) is 13.2 Å². The Morgan fingerprint density at radius 2 is 1.82 bits per heavy atom. The number of fused-ring (bicyclic) bond motifs is 3. The summed E-state index contributed by atoms with van der Waals surface area (Å²) >= 11 is 0. The van der Waals surface area contributed by atoms with Crippen LogP contribution in [-0.2, 0) is 21.2 Å². The lowest BCUT2D eigenvalue weighted by atomic mass is 10.1. The van der Waals surface area contributed by atoms with Crippen LogP contribution in [0.25, 0.3) is 11.3 Å². The summed E-state index contributed by atoms with van der Waals surface area (Å²) in [7, 11) is -2.13. The van der Waals surface area contributed by atoms with Gasteiger partial charge in [-0.2, -0.15) is 0 Å². The van der Waals surface area contributed by atoms with Gasteiger partial charge in [0, 0.05) is 23.0 Å². The predicted molar refractivity (Wildman–Crippen MR) is 106 cm³/mol. The summed E-state index contributed by atoms with van der Waals surface area (Å²) in [6, 6.07) is 13.7. The average molecular weight is 395 g/mol. The van der Waals surface area contributed by atoms with Crippen molar-refractivity contribution in [3.63, 3.8) is 0 Å². The van der Waals surface area contributed by atoms with Crippen molar-refractivity contribution >= 4 is 33.3 Å². The Hall–Kier alpha value is -3.30. The van der Waals surface area contributed by atoms with E-state index in [4.69, 9.17) is 0 Å². The third-order valence-electron chi connectivity index (χ3n) is 4.36. The zero-order valence-electron chi connectivity index (χ0n) is 14.9. The largest absolute Gasteiger partial charge is 0.325 e. The Morgan fingerprint density at radius 3 is 2.57 bits per heavy atom. The number of sulfonamides is 1. The lowest BCUT2D eigenvalue weighted by molar-refractivity contribution is -0.115. The summed E-state index contributed by atoms with van der Waals surface area (Å²) < 4.78 is 25.9. The number of amides is 1. The molecule has 1 amide bonds. The van der Waals surface area contributed by atoms with Gasteiger partial charge in [0.05, 0.1) is 22.7 Å². The molecule has 1 aromatic heterocycles. The average Bonchev–Trinajstić information content (AvgIpc) is 2.84. The molecule has 2 aromatic carbocycles. The van der Waals surface area contributed by atoms with Gasteiger partial charge in [0.25, 0.3) is 0 Å². The van der Waals surface area contributed by atoms with Crippen molar-refractivity contribution in [1.82, 2.24) is 14.7 Å². The van der Waals surface area contributed by atoms with Gasteiger partial charge >= 0.3 is 0 Å². The van der Waals surface area contributed by atoms with Crippen LogP contribution in [0.5, 0.6) is 0 Å². The van der Waals surface area contributed by atoms with Crippen LogP contribution in [0.2, 0.25) is 0 Å². The van der Waals surface area contributed by atoms with Crippen LogP contribution in [0.1, 0.15) is 5.56 Å². The number of para-hydroxylation sites is 1. The van der Waals surface area contributed by atoms with Crippen molar-refractivity contribution in [3.8, 4) is 11.3 Å². The first-order chi connectivity index (χ1) is 13.5. The first-order valence-electron chi connectivity index (χ1n) is 8.52. The molecule has 0 aliphatic carbocycles. The van der Waals surface area contributed by atoms with Crippen molar-refractivity contribution < 1.29 is 13.2 Å². The molecular weight excluding hydrogens is 378 g/mol. The Balaban J connectivity index is 1.67. The molecule has 142 valence electrons. The minimum Gasteiger partial charge on any atom is -0.325 e. The number of aromatic nitrogens is 2. The van der Waals surface area contributed by atoms with E-state index in [0.29, 0.717) is 23.0 Å². The SMILES string of the molecule is CNS(=O)(=O)c1ccc(Nc2ncc3c(n2)-c2ccccc2NC(=O)C3)cc1. The molecule has 0 spiro atoms. The fraction of sp³-hybridized carbons (Fsp3) is 0.105. The van der Waals surface area contributed by atoms with E-state index < -0.39 is 10.0 Å². The van der Waals surface area contributed by atoms with Crippen LogP contribution < -0.4 is 15.4 Å². The standard InChI is InChI=1S/C19H17N5O3S/c1-20-28(26,27)14-8-6-13(7-9-14)22-19-21-11-12-10-17(25)23-16-5-3-2-4-15(16)18(12)24-19/h2-9,11,20H,10H2,1H3,(H,23,25)(H,21,22,24). The quantitative estimate of drug-likeness (QED) is 0.625. The fourth-order valence-corrected chi connectivity index (χ4v) is 3.69. The highest BCUT2D eigenvalue weighted by molar-refractivity contribution is 7.89. The van der Waals surface area contributed by atoms with Gasteiger partial charge in [-0.3, -0.25) is 4.79 Å². The summed E-state index contributed by atoms with van der Waals surface area (Å²) in [4.78, 5) is 21.1. The highest BCUT2D eigenvalue weighted by Crippen LogP contribution is 2.32. The molecule has 0 fully saturated rings. The lowest BCUT2D eigenvalue weighted by Gasteiger charge is -2.11. The topological polar surface area (TPSA) is 113 Å². The minimum atomic E-state index is -3.49. The molecule has 9 heteroatoms. The van der Waals surface area contributed by atoms with Crippen LogP contribution in [-0.4, -0.2) is 31.3 Å². The molecular formula is C19H17N5O3S. The normalized spacial score (nSPS) is 13.1. The number of rotatable bonds is 4. The number of hydrogen-bond donors (Lipinski definition) is 3. The highest BCUT2D eigenvalue weighted by atomic mass is 32.2. The number of benzene rings is 2. The zero-order chi connectivity index (χ0) is 19.7. The maximum atomic E-state index is 12.1. The van der Waals surface area contributed by atoms with Gasteiger partial charge in [-0.25, -0.2) is 23.1 Å². The minimum absolute atomic E-state index is 0.114. The third-order valence-corrected chi connectivity index (χ3v) is 5.79. The molecule has 8 nitrogen and oxygen atoms in total. The molecule has 3 aromatic rings. The number of nitrogens with zero attached hydrogens (tertiary/aromatic N) is 2. The molecule has 0 atom stereocenters. The summed E-state index contributed by atoms with van der Waals surface area (Å²) in [5.41, 5.74) is 3.59. The first kappa shape index (κ1) is 18.1. The molecule has 0 unspecified atom stereocenters. The molecule has 0 bridgehead atoms. The molecule has 0 saturated heterocycles. The van der Waals surface area contributed by atoms with Crippen molar-refractivity contribution in [3.05, 3.63) is 60.3 Å². The number of carbonyl (C=O) groups is 1.